The Balaban J connectivity index is 2.27. The number of ether oxygens (including phenoxy) is 1. The summed E-state index contributed by atoms with van der Waals surface area (Å²) in [7, 11) is -4.24. The maximum Gasteiger partial charge on any atom is 0.271 e. The van der Waals surface area contributed by atoms with Crippen LogP contribution in [0.4, 0.5) is 5.69 Å². The molecule has 186 valence electrons. The zero-order chi connectivity index (χ0) is 26.3. The first-order valence-corrected chi connectivity index (χ1v) is 12.1. The number of hydrogen-bond donors (Lipinski definition) is 2. The number of aryl methyl sites for hydroxylation is 1. The number of carbonyl (C=O) groups excluding carboxylic acids is 1. The Hall–Kier alpha value is -3.77. The highest BCUT2D eigenvalue weighted by Gasteiger charge is 2.30. The summed E-state index contributed by atoms with van der Waals surface area (Å²) in [5, 5.41) is 15.7. The fourth-order valence-corrected chi connectivity index (χ4v) is 5.00. The Labute approximate surface area is 203 Å². The van der Waals surface area contributed by atoms with Gasteiger partial charge in [-0.2, -0.15) is 9.78 Å². The summed E-state index contributed by atoms with van der Waals surface area (Å²) in [6.45, 7) is 10.3. The minimum atomic E-state index is -4.24. The van der Waals surface area contributed by atoms with Crippen LogP contribution in [0.5, 0.6) is 11.6 Å². The Kier molecular flexibility index (Phi) is 6.73. The summed E-state index contributed by atoms with van der Waals surface area (Å²) in [4.78, 5) is 22.3. The molecule has 0 saturated heterocycles. The number of benzene rings is 2. The van der Waals surface area contributed by atoms with E-state index in [1.807, 2.05) is 19.9 Å². The highest BCUT2D eigenvalue weighted by Crippen LogP contribution is 2.36. The molecule has 0 aliphatic heterocycles. The fourth-order valence-electron chi connectivity index (χ4n) is 3.43. The maximum absolute atomic E-state index is 13.2. The summed E-state index contributed by atoms with van der Waals surface area (Å²) in [5.74, 6) is -0.922. The number of rotatable bonds is 7. The summed E-state index contributed by atoms with van der Waals surface area (Å²) in [6.07, 6.45) is 0. The van der Waals surface area contributed by atoms with Crippen LogP contribution >= 0.6 is 0 Å². The van der Waals surface area contributed by atoms with Crippen molar-refractivity contribution in [3.8, 4) is 17.3 Å². The van der Waals surface area contributed by atoms with Gasteiger partial charge in [0, 0.05) is 23.2 Å². The van der Waals surface area contributed by atoms with E-state index in [0.717, 1.165) is 23.3 Å². The molecule has 3 rings (SSSR count). The lowest BCUT2D eigenvalue weighted by Crippen LogP contribution is -2.40. The zero-order valence-electron chi connectivity index (χ0n) is 20.2. The average Bonchev–Trinajstić information content (AvgIpc) is 3.04. The standard InChI is InChI=1S/C23H27N5O6S/c1-13-8-7-9-17(14(13)2)27-22(15(3)20(25-27)21(24)29)34-18-11-10-16(28(30)31)12-19(18)35(32,33)26-23(4,5)6/h7-12,26H,1-6H3,(H2,24,29). The van der Waals surface area contributed by atoms with Crippen molar-refractivity contribution in [2.24, 2.45) is 5.73 Å². The van der Waals surface area contributed by atoms with Gasteiger partial charge >= 0.3 is 0 Å². The maximum atomic E-state index is 13.2. The van der Waals surface area contributed by atoms with Crippen LogP contribution in [0.2, 0.25) is 0 Å². The SMILES string of the molecule is Cc1cccc(-n2nc(C(N)=O)c(C)c2Oc2ccc([N+](=O)[O-])cc2S(=O)(=O)NC(C)(C)C)c1C. The van der Waals surface area contributed by atoms with Gasteiger partial charge in [0.25, 0.3) is 11.6 Å². The van der Waals surface area contributed by atoms with Crippen molar-refractivity contribution in [3.05, 3.63) is 68.9 Å². The number of carbonyl (C=O) groups is 1. The minimum absolute atomic E-state index is 0.0496. The summed E-state index contributed by atoms with van der Waals surface area (Å²) >= 11 is 0. The fraction of sp³-hybridized carbons (Fsp3) is 0.304. The number of nitrogens with zero attached hydrogens (tertiary/aromatic N) is 3. The van der Waals surface area contributed by atoms with Crippen LogP contribution < -0.4 is 15.2 Å². The molecule has 1 amide bonds. The lowest BCUT2D eigenvalue weighted by molar-refractivity contribution is -0.385. The first kappa shape index (κ1) is 25.8. The lowest BCUT2D eigenvalue weighted by atomic mass is 10.1. The molecular formula is C23H27N5O6S. The number of nitrogens with one attached hydrogen (secondary N) is 1. The first-order chi connectivity index (χ1) is 16.1. The van der Waals surface area contributed by atoms with Gasteiger partial charge in [-0.1, -0.05) is 12.1 Å². The van der Waals surface area contributed by atoms with E-state index >= 15 is 0 Å². The Morgan fingerprint density at radius 2 is 1.80 bits per heavy atom. The van der Waals surface area contributed by atoms with Gasteiger partial charge in [0.15, 0.2) is 5.69 Å². The van der Waals surface area contributed by atoms with Gasteiger partial charge < -0.3 is 10.5 Å². The number of sulfonamides is 1. The summed E-state index contributed by atoms with van der Waals surface area (Å²) < 4.78 is 36.2. The van der Waals surface area contributed by atoms with E-state index in [-0.39, 0.29) is 22.9 Å². The van der Waals surface area contributed by atoms with Crippen LogP contribution in [0.3, 0.4) is 0 Å². The van der Waals surface area contributed by atoms with Crippen LogP contribution in [0.25, 0.3) is 5.69 Å². The number of nitro benzene ring substituents is 1. The molecule has 2 aromatic carbocycles. The van der Waals surface area contributed by atoms with Gasteiger partial charge in [0.05, 0.1) is 10.6 Å². The first-order valence-electron chi connectivity index (χ1n) is 10.6. The minimum Gasteiger partial charge on any atom is -0.437 e. The molecule has 0 unspecified atom stereocenters. The van der Waals surface area contributed by atoms with Gasteiger partial charge in [-0.15, -0.1) is 0 Å². The molecule has 3 N–H and O–H groups in total. The van der Waals surface area contributed by atoms with Gasteiger partial charge in [-0.25, -0.2) is 13.1 Å². The highest BCUT2D eigenvalue weighted by atomic mass is 32.2. The van der Waals surface area contributed by atoms with Crippen LogP contribution in [0.1, 0.15) is 48.0 Å². The predicted octanol–water partition coefficient (Wildman–Crippen LogP) is 3.67. The van der Waals surface area contributed by atoms with Crippen molar-refractivity contribution in [1.82, 2.24) is 14.5 Å². The second kappa shape index (κ2) is 9.12. The number of nitro groups is 1. The number of primary amides is 1. The van der Waals surface area contributed by atoms with Gasteiger partial charge in [-0.05, 0) is 64.8 Å². The second-order valence-corrected chi connectivity index (χ2v) is 10.8. The molecule has 0 bridgehead atoms. The molecule has 0 aliphatic carbocycles. The molecule has 0 atom stereocenters. The average molecular weight is 502 g/mol. The number of hydrogen-bond acceptors (Lipinski definition) is 7. The predicted molar refractivity (Wildman–Crippen MR) is 130 cm³/mol. The summed E-state index contributed by atoms with van der Waals surface area (Å²) in [6, 6.07) is 8.72. The molecule has 35 heavy (non-hydrogen) atoms. The van der Waals surface area contributed by atoms with E-state index in [1.165, 1.54) is 10.7 Å². The molecule has 0 aliphatic rings. The molecule has 1 aromatic heterocycles. The van der Waals surface area contributed by atoms with Crippen molar-refractivity contribution in [3.63, 3.8) is 0 Å². The van der Waals surface area contributed by atoms with Crippen LogP contribution in [0, 0.1) is 30.9 Å². The number of nitrogens with two attached hydrogens (primary N) is 1. The van der Waals surface area contributed by atoms with Crippen LogP contribution in [0.15, 0.2) is 41.3 Å². The molecule has 0 radical (unpaired) electrons. The number of aromatic nitrogens is 2. The van der Waals surface area contributed by atoms with E-state index < -0.39 is 37.0 Å². The van der Waals surface area contributed by atoms with Crippen molar-refractivity contribution in [2.45, 2.75) is 52.0 Å². The molecule has 0 fully saturated rings. The second-order valence-electron chi connectivity index (χ2n) is 9.12. The quantitative estimate of drug-likeness (QED) is 0.369. The Bertz CT molecular complexity index is 1440. The van der Waals surface area contributed by atoms with Gasteiger partial charge in [0.1, 0.15) is 10.6 Å². The largest absolute Gasteiger partial charge is 0.437 e. The van der Waals surface area contributed by atoms with Crippen molar-refractivity contribution in [2.75, 3.05) is 0 Å². The monoisotopic (exact) mass is 501 g/mol. The van der Waals surface area contributed by atoms with E-state index in [4.69, 9.17) is 10.5 Å². The van der Waals surface area contributed by atoms with E-state index in [9.17, 15) is 23.3 Å². The molecule has 3 aromatic rings. The third-order valence-electron chi connectivity index (χ3n) is 5.18. The van der Waals surface area contributed by atoms with Crippen molar-refractivity contribution < 1.29 is 22.9 Å². The normalized spacial score (nSPS) is 11.9. The molecule has 11 nitrogen and oxygen atoms in total. The van der Waals surface area contributed by atoms with Crippen molar-refractivity contribution in [1.29, 1.82) is 0 Å². The van der Waals surface area contributed by atoms with Crippen LogP contribution in [-0.4, -0.2) is 34.6 Å². The number of non-ortho nitro benzene ring substituents is 1. The van der Waals surface area contributed by atoms with E-state index in [1.54, 1.807) is 39.8 Å². The van der Waals surface area contributed by atoms with E-state index in [2.05, 4.69) is 9.82 Å². The third-order valence-corrected chi connectivity index (χ3v) is 6.96. The third kappa shape index (κ3) is 5.33. The van der Waals surface area contributed by atoms with E-state index in [0.29, 0.717) is 5.69 Å². The highest BCUT2D eigenvalue weighted by molar-refractivity contribution is 7.89. The molecule has 0 saturated carbocycles. The lowest BCUT2D eigenvalue weighted by Gasteiger charge is -2.21. The smallest absolute Gasteiger partial charge is 0.271 e. The van der Waals surface area contributed by atoms with Gasteiger partial charge in [0.2, 0.25) is 15.9 Å². The molecule has 0 spiro atoms. The van der Waals surface area contributed by atoms with Crippen molar-refractivity contribution >= 4 is 21.6 Å². The Morgan fingerprint density at radius 3 is 2.37 bits per heavy atom. The van der Waals surface area contributed by atoms with Gasteiger partial charge in [-0.3, -0.25) is 14.9 Å². The molecular weight excluding hydrogens is 474 g/mol. The zero-order valence-corrected chi connectivity index (χ0v) is 21.1. The number of amides is 1. The Morgan fingerprint density at radius 1 is 1.14 bits per heavy atom. The topological polar surface area (TPSA) is 159 Å². The van der Waals surface area contributed by atoms with Crippen LogP contribution in [-0.2, 0) is 10.0 Å². The molecule has 12 heteroatoms. The molecule has 1 heterocycles. The summed E-state index contributed by atoms with van der Waals surface area (Å²) in [5.41, 5.74) is 6.84.